The molecule has 1 heterocycles. The van der Waals surface area contributed by atoms with Crippen molar-refractivity contribution < 1.29 is 4.79 Å². The molecule has 1 unspecified atom stereocenters. The van der Waals surface area contributed by atoms with Crippen LogP contribution in [0.5, 0.6) is 0 Å². The molecule has 0 bridgehead atoms. The average molecular weight is 285 g/mol. The zero-order valence-corrected chi connectivity index (χ0v) is 12.7. The number of fused-ring (bicyclic) bond motifs is 1. The van der Waals surface area contributed by atoms with Crippen LogP contribution in [-0.2, 0) is 0 Å². The van der Waals surface area contributed by atoms with Crippen LogP contribution in [0, 0.1) is 6.92 Å². The molecule has 4 heteroatoms. The number of aromatic nitrogens is 1. The van der Waals surface area contributed by atoms with Crippen LogP contribution in [0.25, 0.3) is 10.9 Å². The summed E-state index contributed by atoms with van der Waals surface area (Å²) in [6, 6.07) is 9.58. The maximum atomic E-state index is 12.5. The van der Waals surface area contributed by atoms with Crippen LogP contribution in [0.2, 0.25) is 0 Å². The lowest BCUT2D eigenvalue weighted by Gasteiger charge is -2.17. The first-order valence-corrected chi connectivity index (χ1v) is 7.53. The van der Waals surface area contributed by atoms with Crippen LogP contribution in [-0.4, -0.2) is 23.5 Å². The normalized spacial score (nSPS) is 12.3. The number of nitrogens with two attached hydrogens (primary N) is 1. The Kier molecular flexibility index (Phi) is 5.28. The van der Waals surface area contributed by atoms with E-state index in [1.165, 1.54) is 0 Å². The molecule has 3 N–H and O–H groups in total. The van der Waals surface area contributed by atoms with E-state index < -0.39 is 0 Å². The highest BCUT2D eigenvalue weighted by Crippen LogP contribution is 2.18. The van der Waals surface area contributed by atoms with Gasteiger partial charge in [0.05, 0.1) is 11.1 Å². The number of carbonyl (C=O) groups is 1. The highest BCUT2D eigenvalue weighted by Gasteiger charge is 2.15. The zero-order chi connectivity index (χ0) is 15.2. The van der Waals surface area contributed by atoms with Crippen molar-refractivity contribution in [1.82, 2.24) is 10.3 Å². The fourth-order valence-electron chi connectivity index (χ4n) is 2.46. The van der Waals surface area contributed by atoms with Crippen LogP contribution < -0.4 is 11.1 Å². The molecular weight excluding hydrogens is 262 g/mol. The van der Waals surface area contributed by atoms with Crippen LogP contribution in [0.1, 0.15) is 42.2 Å². The fourth-order valence-corrected chi connectivity index (χ4v) is 2.46. The first-order valence-electron chi connectivity index (χ1n) is 7.53. The summed E-state index contributed by atoms with van der Waals surface area (Å²) in [6.45, 7) is 4.50. The second-order valence-electron chi connectivity index (χ2n) is 5.38. The second kappa shape index (κ2) is 7.18. The SMILES string of the molecule is CCCCC(CN)NC(=O)c1cc(C)nc2ccccc12. The molecule has 1 aromatic heterocycles. The highest BCUT2D eigenvalue weighted by molar-refractivity contribution is 6.06. The van der Waals surface area contributed by atoms with Gasteiger partial charge in [0.1, 0.15) is 0 Å². The summed E-state index contributed by atoms with van der Waals surface area (Å²) in [6.07, 6.45) is 3.09. The van der Waals surface area contributed by atoms with Crippen LogP contribution in [0.3, 0.4) is 0 Å². The molecule has 0 radical (unpaired) electrons. The number of hydrogen-bond acceptors (Lipinski definition) is 3. The summed E-state index contributed by atoms with van der Waals surface area (Å²) < 4.78 is 0. The Balaban J connectivity index is 2.26. The molecular formula is C17H23N3O. The number of pyridine rings is 1. The molecule has 21 heavy (non-hydrogen) atoms. The molecule has 1 aromatic carbocycles. The number of hydrogen-bond donors (Lipinski definition) is 2. The molecule has 112 valence electrons. The summed E-state index contributed by atoms with van der Waals surface area (Å²) in [7, 11) is 0. The van der Waals surface area contributed by atoms with Crippen LogP contribution >= 0.6 is 0 Å². The van der Waals surface area contributed by atoms with Gasteiger partial charge in [0, 0.05) is 23.7 Å². The van der Waals surface area contributed by atoms with Gasteiger partial charge in [0.25, 0.3) is 5.91 Å². The number of aryl methyl sites for hydroxylation is 1. The Hall–Kier alpha value is -1.94. The number of unbranched alkanes of at least 4 members (excludes halogenated alkanes) is 1. The smallest absolute Gasteiger partial charge is 0.252 e. The predicted molar refractivity (Wildman–Crippen MR) is 86.3 cm³/mol. The van der Waals surface area contributed by atoms with Crippen molar-refractivity contribution in [2.24, 2.45) is 5.73 Å². The quantitative estimate of drug-likeness (QED) is 0.857. The minimum atomic E-state index is -0.0664. The molecule has 1 amide bonds. The number of benzene rings is 1. The minimum absolute atomic E-state index is 0.0321. The van der Waals surface area contributed by atoms with Gasteiger partial charge in [-0.1, -0.05) is 38.0 Å². The van der Waals surface area contributed by atoms with Gasteiger partial charge in [0.2, 0.25) is 0 Å². The van der Waals surface area contributed by atoms with Gasteiger partial charge in [0.15, 0.2) is 0 Å². The van der Waals surface area contributed by atoms with E-state index in [2.05, 4.69) is 17.2 Å². The number of nitrogens with zero attached hydrogens (tertiary/aromatic N) is 1. The molecule has 1 atom stereocenters. The Morgan fingerprint density at radius 3 is 2.86 bits per heavy atom. The molecule has 2 aromatic rings. The Morgan fingerprint density at radius 2 is 2.14 bits per heavy atom. The Bertz CT molecular complexity index is 624. The highest BCUT2D eigenvalue weighted by atomic mass is 16.1. The number of rotatable bonds is 6. The molecule has 0 spiro atoms. The van der Waals surface area contributed by atoms with E-state index in [1.54, 1.807) is 0 Å². The van der Waals surface area contributed by atoms with Gasteiger partial charge in [-0.15, -0.1) is 0 Å². The lowest BCUT2D eigenvalue weighted by Crippen LogP contribution is -2.40. The van der Waals surface area contributed by atoms with Gasteiger partial charge in [-0.2, -0.15) is 0 Å². The average Bonchev–Trinajstić information content (AvgIpc) is 2.50. The van der Waals surface area contributed by atoms with E-state index in [-0.39, 0.29) is 11.9 Å². The summed E-state index contributed by atoms with van der Waals surface area (Å²) in [5, 5.41) is 3.93. The monoisotopic (exact) mass is 285 g/mol. The third kappa shape index (κ3) is 3.79. The topological polar surface area (TPSA) is 68.0 Å². The summed E-state index contributed by atoms with van der Waals surface area (Å²) >= 11 is 0. The fraction of sp³-hybridized carbons (Fsp3) is 0.412. The molecule has 0 aliphatic carbocycles. The Morgan fingerprint density at radius 1 is 1.38 bits per heavy atom. The van der Waals surface area contributed by atoms with Gasteiger partial charge >= 0.3 is 0 Å². The van der Waals surface area contributed by atoms with Crippen molar-refractivity contribution in [2.45, 2.75) is 39.2 Å². The van der Waals surface area contributed by atoms with Gasteiger partial charge < -0.3 is 11.1 Å². The van der Waals surface area contributed by atoms with Crippen molar-refractivity contribution in [1.29, 1.82) is 0 Å². The lowest BCUT2D eigenvalue weighted by molar-refractivity contribution is 0.0937. The van der Waals surface area contributed by atoms with Crippen molar-refractivity contribution in [3.05, 3.63) is 41.6 Å². The maximum absolute atomic E-state index is 12.5. The molecule has 0 saturated heterocycles. The standard InChI is InChI=1S/C17H23N3O/c1-3-4-7-13(11-18)20-17(21)15-10-12(2)19-16-9-6-5-8-14(15)16/h5-6,8-10,13H,3-4,7,11,18H2,1-2H3,(H,20,21). The lowest BCUT2D eigenvalue weighted by atomic mass is 10.1. The molecule has 0 saturated carbocycles. The molecule has 2 rings (SSSR count). The van der Waals surface area contributed by atoms with E-state index in [1.807, 2.05) is 37.3 Å². The minimum Gasteiger partial charge on any atom is -0.348 e. The molecule has 0 aliphatic heterocycles. The van der Waals surface area contributed by atoms with E-state index in [4.69, 9.17) is 5.73 Å². The number of nitrogens with one attached hydrogen (secondary N) is 1. The number of amides is 1. The third-order valence-corrected chi connectivity index (χ3v) is 3.61. The largest absolute Gasteiger partial charge is 0.348 e. The summed E-state index contributed by atoms with van der Waals surface area (Å²) in [4.78, 5) is 17.0. The predicted octanol–water partition coefficient (Wildman–Crippen LogP) is 2.79. The van der Waals surface area contributed by atoms with Gasteiger partial charge in [-0.25, -0.2) is 0 Å². The molecule has 4 nitrogen and oxygen atoms in total. The number of carbonyl (C=O) groups excluding carboxylic acids is 1. The van der Waals surface area contributed by atoms with E-state index in [0.717, 1.165) is 35.9 Å². The molecule has 0 fully saturated rings. The maximum Gasteiger partial charge on any atom is 0.252 e. The second-order valence-corrected chi connectivity index (χ2v) is 5.38. The van der Waals surface area contributed by atoms with Crippen molar-refractivity contribution >= 4 is 16.8 Å². The first-order chi connectivity index (χ1) is 10.2. The zero-order valence-electron chi connectivity index (χ0n) is 12.7. The molecule has 0 aliphatic rings. The summed E-state index contributed by atoms with van der Waals surface area (Å²) in [5.74, 6) is -0.0664. The van der Waals surface area contributed by atoms with Crippen molar-refractivity contribution in [2.75, 3.05) is 6.54 Å². The van der Waals surface area contributed by atoms with E-state index in [9.17, 15) is 4.79 Å². The summed E-state index contributed by atoms with van der Waals surface area (Å²) in [5.41, 5.74) is 8.12. The number of para-hydroxylation sites is 1. The first kappa shape index (κ1) is 15.4. The third-order valence-electron chi connectivity index (χ3n) is 3.61. The van der Waals surface area contributed by atoms with E-state index in [0.29, 0.717) is 12.1 Å². The van der Waals surface area contributed by atoms with Gasteiger partial charge in [-0.3, -0.25) is 9.78 Å². The van der Waals surface area contributed by atoms with Gasteiger partial charge in [-0.05, 0) is 25.5 Å². The van der Waals surface area contributed by atoms with Crippen molar-refractivity contribution in [3.63, 3.8) is 0 Å². The van der Waals surface area contributed by atoms with Crippen LogP contribution in [0.15, 0.2) is 30.3 Å². The van der Waals surface area contributed by atoms with E-state index >= 15 is 0 Å². The van der Waals surface area contributed by atoms with Crippen molar-refractivity contribution in [3.8, 4) is 0 Å². The van der Waals surface area contributed by atoms with Crippen LogP contribution in [0.4, 0.5) is 0 Å². The Labute approximate surface area is 125 Å².